The largest absolute Gasteiger partial charge is 0.379 e. The second-order valence-corrected chi connectivity index (χ2v) is 4.94. The highest BCUT2D eigenvalue weighted by atomic mass is 16.5. The zero-order valence-corrected chi connectivity index (χ0v) is 11.4. The molecule has 5 nitrogen and oxygen atoms in total. The van der Waals surface area contributed by atoms with Gasteiger partial charge in [0, 0.05) is 39.8 Å². The molecule has 0 radical (unpaired) electrons. The van der Waals surface area contributed by atoms with Crippen LogP contribution in [0.5, 0.6) is 0 Å². The number of ether oxygens (including phenoxy) is 1. The van der Waals surface area contributed by atoms with Crippen LogP contribution in [0.2, 0.25) is 0 Å². The molecule has 1 rings (SSSR count). The minimum atomic E-state index is -0.124. The summed E-state index contributed by atoms with van der Waals surface area (Å²) < 4.78 is 5.31. The van der Waals surface area contributed by atoms with E-state index in [9.17, 15) is 4.79 Å². The minimum Gasteiger partial charge on any atom is -0.379 e. The highest BCUT2D eigenvalue weighted by Gasteiger charge is 2.19. The van der Waals surface area contributed by atoms with Crippen molar-refractivity contribution in [3.63, 3.8) is 0 Å². The summed E-state index contributed by atoms with van der Waals surface area (Å²) in [5, 5.41) is 3.33. The van der Waals surface area contributed by atoms with E-state index < -0.39 is 0 Å². The first-order valence-electron chi connectivity index (χ1n) is 6.28. The summed E-state index contributed by atoms with van der Waals surface area (Å²) in [6, 6.07) is 0.188. The number of hydrogen-bond acceptors (Lipinski definition) is 4. The van der Waals surface area contributed by atoms with Gasteiger partial charge in [-0.25, -0.2) is 0 Å². The van der Waals surface area contributed by atoms with E-state index in [4.69, 9.17) is 4.74 Å². The molecule has 2 atom stereocenters. The number of rotatable bonds is 5. The fraction of sp³-hybridized carbons (Fsp3) is 0.917. The summed E-state index contributed by atoms with van der Waals surface area (Å²) >= 11 is 0. The number of hydrogen-bond donors (Lipinski definition) is 1. The van der Waals surface area contributed by atoms with Crippen LogP contribution in [0.15, 0.2) is 0 Å². The first-order valence-corrected chi connectivity index (χ1v) is 6.28. The second-order valence-electron chi connectivity index (χ2n) is 4.94. The molecule has 2 unspecified atom stereocenters. The third kappa shape index (κ3) is 5.02. The van der Waals surface area contributed by atoms with Gasteiger partial charge in [-0.05, 0) is 13.8 Å². The van der Waals surface area contributed by atoms with Crippen molar-refractivity contribution in [2.24, 2.45) is 0 Å². The van der Waals surface area contributed by atoms with Crippen molar-refractivity contribution in [2.75, 3.05) is 46.9 Å². The Morgan fingerprint density at radius 1 is 1.35 bits per heavy atom. The Hall–Kier alpha value is -0.650. The van der Waals surface area contributed by atoms with E-state index in [1.807, 2.05) is 6.92 Å². The van der Waals surface area contributed by atoms with Gasteiger partial charge in [0.15, 0.2) is 0 Å². The fourth-order valence-electron chi connectivity index (χ4n) is 2.11. The van der Waals surface area contributed by atoms with Crippen LogP contribution in [0.1, 0.15) is 13.8 Å². The van der Waals surface area contributed by atoms with Crippen LogP contribution in [0, 0.1) is 0 Å². The molecule has 0 aromatic heterocycles. The van der Waals surface area contributed by atoms with E-state index in [0.717, 1.165) is 32.8 Å². The van der Waals surface area contributed by atoms with E-state index in [-0.39, 0.29) is 11.9 Å². The number of nitrogens with zero attached hydrogens (tertiary/aromatic N) is 2. The SMILES string of the molecule is CC(CN1CCOCC1)NC(C)C(=O)N(C)C. The van der Waals surface area contributed by atoms with Gasteiger partial charge in [0.05, 0.1) is 19.3 Å². The molecule has 0 bridgehead atoms. The van der Waals surface area contributed by atoms with E-state index in [0.29, 0.717) is 6.04 Å². The van der Waals surface area contributed by atoms with Crippen LogP contribution < -0.4 is 5.32 Å². The molecule has 1 heterocycles. The molecule has 0 aromatic rings. The lowest BCUT2D eigenvalue weighted by Gasteiger charge is -2.30. The van der Waals surface area contributed by atoms with E-state index in [2.05, 4.69) is 17.1 Å². The molecular formula is C12H25N3O2. The number of carbonyl (C=O) groups is 1. The maximum atomic E-state index is 11.7. The standard InChI is InChI=1S/C12H25N3O2/c1-10(9-15-5-7-17-8-6-15)13-11(2)12(16)14(3)4/h10-11,13H,5-9H2,1-4H3. The minimum absolute atomic E-state index is 0.124. The van der Waals surface area contributed by atoms with Gasteiger partial charge < -0.3 is 15.0 Å². The van der Waals surface area contributed by atoms with Crippen molar-refractivity contribution >= 4 is 5.91 Å². The highest BCUT2D eigenvalue weighted by Crippen LogP contribution is 2.00. The molecule has 5 heteroatoms. The van der Waals surface area contributed by atoms with Gasteiger partial charge in [-0.2, -0.15) is 0 Å². The maximum Gasteiger partial charge on any atom is 0.238 e. The van der Waals surface area contributed by atoms with Gasteiger partial charge in [-0.15, -0.1) is 0 Å². The molecule has 0 aromatic carbocycles. The normalized spacial score (nSPS) is 20.9. The van der Waals surface area contributed by atoms with Crippen molar-refractivity contribution in [1.29, 1.82) is 0 Å². The van der Waals surface area contributed by atoms with Crippen LogP contribution in [0.3, 0.4) is 0 Å². The summed E-state index contributed by atoms with van der Waals surface area (Å²) in [5.74, 6) is 0.124. The molecule has 1 amide bonds. The summed E-state index contributed by atoms with van der Waals surface area (Å²) in [6.45, 7) is 8.61. The quantitative estimate of drug-likeness (QED) is 0.725. The predicted octanol–water partition coefficient (Wildman–Crippen LogP) is -0.227. The molecule has 1 saturated heterocycles. The first kappa shape index (κ1) is 14.4. The number of morpholine rings is 1. The highest BCUT2D eigenvalue weighted by molar-refractivity contribution is 5.80. The number of carbonyl (C=O) groups excluding carboxylic acids is 1. The molecular weight excluding hydrogens is 218 g/mol. The van der Waals surface area contributed by atoms with Gasteiger partial charge in [0.1, 0.15) is 0 Å². The average Bonchev–Trinajstić information content (AvgIpc) is 2.28. The van der Waals surface area contributed by atoms with Crippen molar-refractivity contribution in [3.8, 4) is 0 Å². The molecule has 1 aliphatic heterocycles. The lowest BCUT2D eigenvalue weighted by atomic mass is 10.2. The fourth-order valence-corrected chi connectivity index (χ4v) is 2.11. The van der Waals surface area contributed by atoms with Crippen molar-refractivity contribution in [3.05, 3.63) is 0 Å². The average molecular weight is 243 g/mol. The summed E-state index contributed by atoms with van der Waals surface area (Å²) in [7, 11) is 3.57. The molecule has 100 valence electrons. The third-order valence-corrected chi connectivity index (χ3v) is 2.98. The molecule has 1 aliphatic rings. The summed E-state index contributed by atoms with van der Waals surface area (Å²) in [4.78, 5) is 15.7. The molecule has 0 spiro atoms. The monoisotopic (exact) mass is 243 g/mol. The third-order valence-electron chi connectivity index (χ3n) is 2.98. The van der Waals surface area contributed by atoms with Gasteiger partial charge in [0.25, 0.3) is 0 Å². The van der Waals surface area contributed by atoms with Crippen LogP contribution in [0.25, 0.3) is 0 Å². The Bertz CT molecular complexity index is 240. The van der Waals surface area contributed by atoms with Gasteiger partial charge in [0.2, 0.25) is 5.91 Å². The molecule has 17 heavy (non-hydrogen) atoms. The van der Waals surface area contributed by atoms with Crippen LogP contribution >= 0.6 is 0 Å². The smallest absolute Gasteiger partial charge is 0.238 e. The number of nitrogens with one attached hydrogen (secondary N) is 1. The van der Waals surface area contributed by atoms with Crippen LogP contribution in [-0.2, 0) is 9.53 Å². The Labute approximate surface area is 104 Å². The molecule has 1 N–H and O–H groups in total. The van der Waals surface area contributed by atoms with Gasteiger partial charge >= 0.3 is 0 Å². The van der Waals surface area contributed by atoms with Crippen LogP contribution in [0.4, 0.5) is 0 Å². The topological polar surface area (TPSA) is 44.8 Å². The van der Waals surface area contributed by atoms with Crippen molar-refractivity contribution < 1.29 is 9.53 Å². The number of likely N-dealkylation sites (N-methyl/N-ethyl adjacent to an activating group) is 1. The first-order chi connectivity index (χ1) is 8.00. The Kier molecular flexibility index (Phi) is 5.88. The van der Waals surface area contributed by atoms with Crippen LogP contribution in [-0.4, -0.2) is 74.7 Å². The number of amides is 1. The zero-order valence-electron chi connectivity index (χ0n) is 11.4. The summed E-state index contributed by atoms with van der Waals surface area (Å²) in [6.07, 6.45) is 0. The lowest BCUT2D eigenvalue weighted by Crippen LogP contribution is -2.50. The molecule has 0 aliphatic carbocycles. The maximum absolute atomic E-state index is 11.7. The van der Waals surface area contributed by atoms with E-state index in [1.165, 1.54) is 0 Å². The molecule has 0 saturated carbocycles. The van der Waals surface area contributed by atoms with Crippen molar-refractivity contribution in [2.45, 2.75) is 25.9 Å². The second kappa shape index (κ2) is 6.93. The predicted molar refractivity (Wildman–Crippen MR) is 68.0 cm³/mol. The Balaban J connectivity index is 2.27. The van der Waals surface area contributed by atoms with Gasteiger partial charge in [-0.1, -0.05) is 0 Å². The molecule has 1 fully saturated rings. The van der Waals surface area contributed by atoms with Crippen molar-refractivity contribution in [1.82, 2.24) is 15.1 Å². The Morgan fingerprint density at radius 3 is 2.47 bits per heavy atom. The van der Waals surface area contributed by atoms with E-state index in [1.54, 1.807) is 19.0 Å². The zero-order chi connectivity index (χ0) is 12.8. The lowest BCUT2D eigenvalue weighted by molar-refractivity contribution is -0.130. The van der Waals surface area contributed by atoms with E-state index >= 15 is 0 Å². The van der Waals surface area contributed by atoms with Gasteiger partial charge in [-0.3, -0.25) is 9.69 Å². The summed E-state index contributed by atoms with van der Waals surface area (Å²) in [5.41, 5.74) is 0. The Morgan fingerprint density at radius 2 is 1.94 bits per heavy atom.